The van der Waals surface area contributed by atoms with Crippen LogP contribution in [-0.4, -0.2) is 12.1 Å². The van der Waals surface area contributed by atoms with Crippen LogP contribution in [0.4, 0.5) is 0 Å². The number of allylic oxidation sites excluding steroid dienone is 6. The molecule has 3 heteroatoms. The summed E-state index contributed by atoms with van der Waals surface area (Å²) in [5.41, 5.74) is 0.124. The van der Waals surface area contributed by atoms with Gasteiger partial charge in [0, 0.05) is 6.42 Å². The summed E-state index contributed by atoms with van der Waals surface area (Å²) in [5.74, 6) is 0.101. The zero-order chi connectivity index (χ0) is 16.2. The Bertz CT molecular complexity index is 751. The van der Waals surface area contributed by atoms with Crippen LogP contribution < -0.4 is 10.4 Å². The highest BCUT2D eigenvalue weighted by molar-refractivity contribution is 6.05. The molecule has 0 bridgehead atoms. The average molecular weight is 291 g/mol. The van der Waals surface area contributed by atoms with Gasteiger partial charge in [-0.05, 0) is 16.5 Å². The van der Waals surface area contributed by atoms with Gasteiger partial charge in [0.2, 0.25) is 0 Å². The quantitative estimate of drug-likeness (QED) is 0.457. The van der Waals surface area contributed by atoms with E-state index >= 15 is 0 Å². The second-order valence-corrected chi connectivity index (χ2v) is 4.38. The largest absolute Gasteiger partial charge is 0.297 e. The Labute approximate surface area is 129 Å². The highest BCUT2D eigenvalue weighted by Gasteiger charge is 1.91. The molecule has 0 saturated carbocycles. The molecule has 0 aromatic heterocycles. The minimum absolute atomic E-state index is 0.101. The van der Waals surface area contributed by atoms with E-state index in [0.717, 1.165) is 5.22 Å². The van der Waals surface area contributed by atoms with Gasteiger partial charge in [-0.1, -0.05) is 67.6 Å². The number of nitrogens with zero attached hydrogens (tertiary/aromatic N) is 1. The van der Waals surface area contributed by atoms with Gasteiger partial charge in [-0.25, -0.2) is 0 Å². The number of nitriles is 1. The normalized spacial score (nSPS) is 10.9. The van der Waals surface area contributed by atoms with Crippen molar-refractivity contribution in [3.8, 4) is 6.07 Å². The Morgan fingerprint density at radius 1 is 1.09 bits per heavy atom. The minimum atomic E-state index is 0.101. The number of hydrogen-bond acceptors (Lipinski definition) is 3. The van der Waals surface area contributed by atoms with E-state index in [9.17, 15) is 9.59 Å². The SMILES string of the molecule is CCC(=O)/C=C/C=C\C=C\C=c1ccc(=C(C#N)C=O)cc1. The molecule has 0 unspecified atom stereocenters. The lowest BCUT2D eigenvalue weighted by atomic mass is 10.2. The lowest BCUT2D eigenvalue weighted by molar-refractivity contribution is -0.114. The molecule has 1 aromatic carbocycles. The van der Waals surface area contributed by atoms with Crippen LogP contribution in [0.2, 0.25) is 0 Å². The summed E-state index contributed by atoms with van der Waals surface area (Å²) in [6.45, 7) is 1.82. The fourth-order valence-corrected chi connectivity index (χ4v) is 1.57. The first-order valence-corrected chi connectivity index (χ1v) is 6.91. The maximum absolute atomic E-state index is 11.0. The molecule has 1 rings (SSSR count). The Kier molecular flexibility index (Phi) is 7.63. The standard InChI is InChI=1S/C19H17NO2/c1-2-19(22)9-7-5-3-4-6-8-16-10-12-17(13-11-16)18(14-20)15-21/h3-13,15H,2H2,1H3/b5-3-,6-4+,9-7+,16-8?,18-17?. The topological polar surface area (TPSA) is 57.9 Å². The first kappa shape index (κ1) is 17.1. The third-order valence-electron chi connectivity index (χ3n) is 2.82. The second-order valence-electron chi connectivity index (χ2n) is 4.38. The summed E-state index contributed by atoms with van der Waals surface area (Å²) in [6, 6.07) is 9.01. The van der Waals surface area contributed by atoms with Crippen molar-refractivity contribution in [2.45, 2.75) is 13.3 Å². The van der Waals surface area contributed by atoms with Crippen LogP contribution in [0.25, 0.3) is 11.6 Å². The molecule has 0 spiro atoms. The molecule has 0 atom stereocenters. The van der Waals surface area contributed by atoms with Crippen molar-refractivity contribution in [3.63, 3.8) is 0 Å². The molecule has 110 valence electrons. The molecule has 0 heterocycles. The van der Waals surface area contributed by atoms with Gasteiger partial charge in [-0.15, -0.1) is 0 Å². The predicted octanol–water partition coefficient (Wildman–Crippen LogP) is 1.99. The molecule has 0 aliphatic rings. The van der Waals surface area contributed by atoms with Crippen molar-refractivity contribution in [1.29, 1.82) is 5.26 Å². The first-order valence-electron chi connectivity index (χ1n) is 6.91. The second kappa shape index (κ2) is 9.84. The number of hydrogen-bond donors (Lipinski definition) is 0. The van der Waals surface area contributed by atoms with Gasteiger partial charge in [-0.3, -0.25) is 9.59 Å². The summed E-state index contributed by atoms with van der Waals surface area (Å²) in [6.07, 6.45) is 13.6. The third kappa shape index (κ3) is 5.98. The maximum Gasteiger partial charge on any atom is 0.161 e. The van der Waals surface area contributed by atoms with Crippen LogP contribution in [0.15, 0.2) is 60.7 Å². The third-order valence-corrected chi connectivity index (χ3v) is 2.82. The van der Waals surface area contributed by atoms with E-state index < -0.39 is 0 Å². The van der Waals surface area contributed by atoms with Gasteiger partial charge >= 0.3 is 0 Å². The maximum atomic E-state index is 11.0. The van der Waals surface area contributed by atoms with E-state index in [1.807, 2.05) is 49.4 Å². The van der Waals surface area contributed by atoms with Crippen molar-refractivity contribution in [3.05, 3.63) is 71.2 Å². The number of ketones is 1. The van der Waals surface area contributed by atoms with E-state index in [1.54, 1.807) is 30.4 Å². The van der Waals surface area contributed by atoms with Crippen molar-refractivity contribution < 1.29 is 9.59 Å². The minimum Gasteiger partial charge on any atom is -0.297 e. The van der Waals surface area contributed by atoms with E-state index in [1.165, 1.54) is 0 Å². The Morgan fingerprint density at radius 3 is 2.32 bits per heavy atom. The Balaban J connectivity index is 2.74. The van der Waals surface area contributed by atoms with Crippen LogP contribution in [0.1, 0.15) is 13.3 Å². The Morgan fingerprint density at radius 2 is 1.73 bits per heavy atom. The van der Waals surface area contributed by atoms with Crippen LogP contribution >= 0.6 is 0 Å². The van der Waals surface area contributed by atoms with Gasteiger partial charge in [0.05, 0.1) is 5.57 Å². The van der Waals surface area contributed by atoms with Crippen molar-refractivity contribution >= 4 is 23.7 Å². The molecular weight excluding hydrogens is 274 g/mol. The number of rotatable bonds is 6. The first-order chi connectivity index (χ1) is 10.7. The van der Waals surface area contributed by atoms with Crippen LogP contribution in [0.3, 0.4) is 0 Å². The van der Waals surface area contributed by atoms with E-state index in [2.05, 4.69) is 0 Å². The van der Waals surface area contributed by atoms with Crippen molar-refractivity contribution in [2.24, 2.45) is 0 Å². The number of benzene rings is 1. The van der Waals surface area contributed by atoms with Crippen molar-refractivity contribution in [2.75, 3.05) is 0 Å². The molecule has 22 heavy (non-hydrogen) atoms. The van der Waals surface area contributed by atoms with Crippen LogP contribution in [0.5, 0.6) is 0 Å². The fraction of sp³-hybridized carbons (Fsp3) is 0.105. The number of carbonyl (C=O) groups is 2. The molecule has 0 aliphatic heterocycles. The number of carbonyl (C=O) groups excluding carboxylic acids is 2. The van der Waals surface area contributed by atoms with Gasteiger partial charge in [0.1, 0.15) is 6.07 Å². The van der Waals surface area contributed by atoms with E-state index in [0.29, 0.717) is 17.9 Å². The average Bonchev–Trinajstić information content (AvgIpc) is 2.56. The highest BCUT2D eigenvalue weighted by Crippen LogP contribution is 1.86. The summed E-state index contributed by atoms with van der Waals surface area (Å²) in [4.78, 5) is 21.7. The Hall–Kier alpha value is -2.99. The van der Waals surface area contributed by atoms with Gasteiger partial charge in [0.25, 0.3) is 0 Å². The van der Waals surface area contributed by atoms with Crippen LogP contribution in [0, 0.1) is 11.3 Å². The zero-order valence-corrected chi connectivity index (χ0v) is 12.4. The van der Waals surface area contributed by atoms with E-state index in [4.69, 9.17) is 5.26 Å². The summed E-state index contributed by atoms with van der Waals surface area (Å²) < 4.78 is 0. The molecule has 0 N–H and O–H groups in total. The van der Waals surface area contributed by atoms with Gasteiger partial charge in [-0.2, -0.15) is 5.26 Å². The predicted molar refractivity (Wildman–Crippen MR) is 88.0 cm³/mol. The molecule has 0 aliphatic carbocycles. The molecular formula is C19H17NO2. The molecule has 0 saturated heterocycles. The van der Waals surface area contributed by atoms with Gasteiger partial charge < -0.3 is 0 Å². The smallest absolute Gasteiger partial charge is 0.161 e. The summed E-state index contributed by atoms with van der Waals surface area (Å²) in [5, 5.41) is 10.4. The van der Waals surface area contributed by atoms with Crippen LogP contribution in [-0.2, 0) is 9.59 Å². The monoisotopic (exact) mass is 291 g/mol. The summed E-state index contributed by atoms with van der Waals surface area (Å²) in [7, 11) is 0. The van der Waals surface area contributed by atoms with Gasteiger partial charge in [0.15, 0.2) is 12.1 Å². The lowest BCUT2D eigenvalue weighted by Gasteiger charge is -1.88. The molecule has 3 nitrogen and oxygen atoms in total. The fourth-order valence-electron chi connectivity index (χ4n) is 1.57. The summed E-state index contributed by atoms with van der Waals surface area (Å²) >= 11 is 0. The van der Waals surface area contributed by atoms with E-state index in [-0.39, 0.29) is 11.4 Å². The highest BCUT2D eigenvalue weighted by atomic mass is 16.1. The lowest BCUT2D eigenvalue weighted by Crippen LogP contribution is -2.10. The molecule has 0 radical (unpaired) electrons. The van der Waals surface area contributed by atoms with Crippen molar-refractivity contribution in [1.82, 2.24) is 0 Å². The molecule has 0 amide bonds. The molecule has 0 fully saturated rings. The molecule has 1 aromatic rings. The number of aldehydes is 1. The zero-order valence-electron chi connectivity index (χ0n) is 12.4.